The number of carbonyl (C=O) groups excluding carboxylic acids is 1. The number of hydrogen-bond donors (Lipinski definition) is 1. The van der Waals surface area contributed by atoms with Gasteiger partial charge in [0.1, 0.15) is 5.82 Å². The van der Waals surface area contributed by atoms with Crippen LogP contribution >= 0.6 is 26.6 Å². The number of amides is 1. The molecule has 1 amide bonds. The Labute approximate surface area is 135 Å². The maximum atomic E-state index is 13.8. The molecule has 0 aromatic heterocycles. The summed E-state index contributed by atoms with van der Waals surface area (Å²) >= 11 is 2.92. The summed E-state index contributed by atoms with van der Waals surface area (Å²) in [7, 11) is 1.20. The van der Waals surface area contributed by atoms with Crippen LogP contribution < -0.4 is 5.32 Å². The molecule has 0 bridgehead atoms. The maximum absolute atomic E-state index is 13.8. The molecule has 1 aliphatic rings. The summed E-state index contributed by atoms with van der Waals surface area (Å²) in [5.74, 6) is -0.515. The summed E-state index contributed by atoms with van der Waals surface area (Å²) in [6, 6.07) is 1.87. The molecule has 0 radical (unpaired) electrons. The average Bonchev–Trinajstić information content (AvgIpc) is 3.18. The normalized spacial score (nSPS) is 16.6. The zero-order chi connectivity index (χ0) is 15.8. The van der Waals surface area contributed by atoms with Crippen LogP contribution in [0.1, 0.15) is 30.1 Å². The van der Waals surface area contributed by atoms with Crippen molar-refractivity contribution in [3.8, 4) is 0 Å². The largest absolute Gasteiger partial charge is 0.352 e. The molecule has 1 atom stereocenters. The van der Waals surface area contributed by atoms with Crippen LogP contribution in [0.5, 0.6) is 0 Å². The van der Waals surface area contributed by atoms with E-state index in [4.69, 9.17) is 10.7 Å². The molecule has 0 saturated heterocycles. The molecule has 0 spiro atoms. The van der Waals surface area contributed by atoms with Gasteiger partial charge in [-0.05, 0) is 52.7 Å². The van der Waals surface area contributed by atoms with E-state index in [1.807, 2.05) is 6.92 Å². The molecular weight excluding hydrogens is 385 g/mol. The monoisotopic (exact) mass is 397 g/mol. The number of halogens is 3. The lowest BCUT2D eigenvalue weighted by Crippen LogP contribution is -2.29. The summed E-state index contributed by atoms with van der Waals surface area (Å²) < 4.78 is 36.6. The van der Waals surface area contributed by atoms with Gasteiger partial charge in [0.2, 0.25) is 0 Å². The Morgan fingerprint density at radius 3 is 2.67 bits per heavy atom. The van der Waals surface area contributed by atoms with Crippen LogP contribution in [0.25, 0.3) is 0 Å². The molecule has 0 aliphatic heterocycles. The Bertz CT molecular complexity index is 676. The van der Waals surface area contributed by atoms with Gasteiger partial charge < -0.3 is 5.32 Å². The topological polar surface area (TPSA) is 63.2 Å². The van der Waals surface area contributed by atoms with E-state index in [2.05, 4.69) is 21.2 Å². The van der Waals surface area contributed by atoms with Gasteiger partial charge in [-0.1, -0.05) is 6.92 Å². The van der Waals surface area contributed by atoms with E-state index in [0.717, 1.165) is 25.0 Å². The predicted octanol–water partition coefficient (Wildman–Crippen LogP) is 3.29. The third-order valence-corrected chi connectivity index (χ3v) is 5.82. The van der Waals surface area contributed by atoms with Crippen LogP contribution in [-0.2, 0) is 9.05 Å². The molecule has 1 unspecified atom stereocenters. The second-order valence-corrected chi connectivity index (χ2v) is 8.61. The van der Waals surface area contributed by atoms with Gasteiger partial charge in [-0.3, -0.25) is 4.79 Å². The van der Waals surface area contributed by atoms with Crippen molar-refractivity contribution in [3.05, 3.63) is 28.0 Å². The van der Waals surface area contributed by atoms with E-state index in [0.29, 0.717) is 18.4 Å². The molecular formula is C13H14BrClFNO3S. The minimum atomic E-state index is -4.06. The highest BCUT2D eigenvalue weighted by atomic mass is 79.9. The van der Waals surface area contributed by atoms with Gasteiger partial charge in [0, 0.05) is 21.7 Å². The van der Waals surface area contributed by atoms with Crippen molar-refractivity contribution in [1.82, 2.24) is 5.32 Å². The van der Waals surface area contributed by atoms with Crippen molar-refractivity contribution in [2.24, 2.45) is 11.8 Å². The fraction of sp³-hybridized carbons (Fsp3) is 0.462. The summed E-state index contributed by atoms with van der Waals surface area (Å²) in [6.07, 6.45) is 2.30. The lowest BCUT2D eigenvalue weighted by molar-refractivity contribution is 0.0942. The standard InChI is InChI=1S/C13H14BrClFNO3S/c1-7(8-2-3-8)6-17-13(18)9-4-12(21(15,19)20)10(14)5-11(9)16/h4-5,7-8H,2-3,6H2,1H3,(H,17,18). The molecule has 4 nitrogen and oxygen atoms in total. The van der Waals surface area contributed by atoms with E-state index >= 15 is 0 Å². The Balaban J connectivity index is 2.19. The van der Waals surface area contributed by atoms with E-state index in [-0.39, 0.29) is 14.9 Å². The van der Waals surface area contributed by atoms with Crippen LogP contribution in [0.15, 0.2) is 21.5 Å². The minimum absolute atomic E-state index is 0.0158. The maximum Gasteiger partial charge on any atom is 0.262 e. The van der Waals surface area contributed by atoms with Gasteiger partial charge in [0.25, 0.3) is 15.0 Å². The molecule has 1 aromatic carbocycles. The van der Waals surface area contributed by atoms with Gasteiger partial charge in [0.15, 0.2) is 0 Å². The lowest BCUT2D eigenvalue weighted by Gasteiger charge is -2.12. The van der Waals surface area contributed by atoms with Crippen molar-refractivity contribution in [2.45, 2.75) is 24.7 Å². The Hall–Kier alpha value is -0.660. The van der Waals surface area contributed by atoms with Gasteiger partial charge in [-0.2, -0.15) is 0 Å². The van der Waals surface area contributed by atoms with Crippen molar-refractivity contribution in [1.29, 1.82) is 0 Å². The molecule has 0 heterocycles. The Morgan fingerprint density at radius 1 is 1.52 bits per heavy atom. The number of carbonyl (C=O) groups is 1. The first kappa shape index (κ1) is 16.7. The molecule has 1 aliphatic carbocycles. The van der Waals surface area contributed by atoms with Crippen molar-refractivity contribution < 1.29 is 17.6 Å². The molecule has 2 rings (SSSR count). The number of benzene rings is 1. The molecule has 1 N–H and O–H groups in total. The number of hydrogen-bond acceptors (Lipinski definition) is 3. The van der Waals surface area contributed by atoms with E-state index in [1.165, 1.54) is 0 Å². The molecule has 1 saturated carbocycles. The van der Waals surface area contributed by atoms with E-state index in [9.17, 15) is 17.6 Å². The lowest BCUT2D eigenvalue weighted by atomic mass is 10.1. The van der Waals surface area contributed by atoms with Gasteiger partial charge >= 0.3 is 0 Å². The van der Waals surface area contributed by atoms with Crippen molar-refractivity contribution in [2.75, 3.05) is 6.54 Å². The van der Waals surface area contributed by atoms with Crippen LogP contribution in [0, 0.1) is 17.7 Å². The van der Waals surface area contributed by atoms with Gasteiger partial charge in [0.05, 0.1) is 10.5 Å². The molecule has 8 heteroatoms. The highest BCUT2D eigenvalue weighted by Crippen LogP contribution is 2.36. The zero-order valence-corrected chi connectivity index (χ0v) is 14.4. The fourth-order valence-electron chi connectivity index (χ4n) is 2.07. The average molecular weight is 399 g/mol. The fourth-order valence-corrected chi connectivity index (χ4v) is 4.24. The van der Waals surface area contributed by atoms with Crippen LogP contribution in [0.4, 0.5) is 4.39 Å². The third-order valence-electron chi connectivity index (χ3n) is 3.54. The predicted molar refractivity (Wildman–Crippen MR) is 81.4 cm³/mol. The first-order valence-electron chi connectivity index (χ1n) is 6.42. The van der Waals surface area contributed by atoms with Crippen LogP contribution in [0.3, 0.4) is 0 Å². The summed E-state index contributed by atoms with van der Waals surface area (Å²) in [6.45, 7) is 2.45. The smallest absolute Gasteiger partial charge is 0.262 e. The molecule has 1 fully saturated rings. The Kier molecular flexibility index (Phi) is 4.95. The van der Waals surface area contributed by atoms with Crippen molar-refractivity contribution >= 4 is 41.6 Å². The van der Waals surface area contributed by atoms with Crippen LogP contribution in [-0.4, -0.2) is 20.9 Å². The highest BCUT2D eigenvalue weighted by Gasteiger charge is 2.28. The minimum Gasteiger partial charge on any atom is -0.352 e. The first-order valence-corrected chi connectivity index (χ1v) is 9.52. The quantitative estimate of drug-likeness (QED) is 0.774. The third kappa shape index (κ3) is 4.17. The highest BCUT2D eigenvalue weighted by molar-refractivity contribution is 9.10. The summed E-state index contributed by atoms with van der Waals surface area (Å²) in [5.41, 5.74) is -0.333. The second-order valence-electron chi connectivity index (χ2n) is 5.23. The second kappa shape index (κ2) is 6.22. The number of nitrogens with one attached hydrogen (secondary N) is 1. The molecule has 1 aromatic rings. The first-order chi connectivity index (χ1) is 9.70. The van der Waals surface area contributed by atoms with Gasteiger partial charge in [-0.15, -0.1) is 0 Å². The SMILES string of the molecule is CC(CNC(=O)c1cc(S(=O)(=O)Cl)c(Br)cc1F)C1CC1. The van der Waals surface area contributed by atoms with Crippen LogP contribution in [0.2, 0.25) is 0 Å². The van der Waals surface area contributed by atoms with Gasteiger partial charge in [-0.25, -0.2) is 12.8 Å². The number of rotatable bonds is 5. The van der Waals surface area contributed by atoms with E-state index < -0.39 is 20.8 Å². The van der Waals surface area contributed by atoms with E-state index in [1.54, 1.807) is 0 Å². The Morgan fingerprint density at radius 2 is 2.14 bits per heavy atom. The summed E-state index contributed by atoms with van der Waals surface area (Å²) in [4.78, 5) is 11.7. The summed E-state index contributed by atoms with van der Waals surface area (Å²) in [5, 5.41) is 2.63. The zero-order valence-electron chi connectivity index (χ0n) is 11.2. The molecule has 116 valence electrons. The molecule has 21 heavy (non-hydrogen) atoms. The van der Waals surface area contributed by atoms with Crippen molar-refractivity contribution in [3.63, 3.8) is 0 Å².